The molecule has 0 aliphatic rings. The molecule has 0 unspecified atom stereocenters. The molecular weight excluding hydrogens is 366 g/mol. The first-order valence-corrected chi connectivity index (χ1v) is 9.97. The molecule has 0 radical (unpaired) electrons. The second-order valence-corrected chi connectivity index (χ2v) is 7.64. The van der Waals surface area contributed by atoms with Crippen molar-refractivity contribution in [2.45, 2.75) is 52.6 Å². The Morgan fingerprint density at radius 3 is 2.28 bits per heavy atom. The fourth-order valence-corrected chi connectivity index (χ4v) is 3.36. The summed E-state index contributed by atoms with van der Waals surface area (Å²) < 4.78 is 2.62. The van der Waals surface area contributed by atoms with Gasteiger partial charge >= 0.3 is 5.69 Å². The molecule has 29 heavy (non-hydrogen) atoms. The van der Waals surface area contributed by atoms with Crippen molar-refractivity contribution in [3.63, 3.8) is 0 Å². The first kappa shape index (κ1) is 20.6. The van der Waals surface area contributed by atoms with Gasteiger partial charge in [0.15, 0.2) is 0 Å². The zero-order chi connectivity index (χ0) is 21.1. The van der Waals surface area contributed by atoms with Crippen LogP contribution >= 0.6 is 0 Å². The summed E-state index contributed by atoms with van der Waals surface area (Å²) in [5, 5.41) is 3.27. The zero-order valence-corrected chi connectivity index (χ0v) is 17.3. The molecule has 0 bridgehead atoms. The van der Waals surface area contributed by atoms with Crippen LogP contribution < -0.4 is 16.6 Å². The van der Waals surface area contributed by atoms with E-state index in [2.05, 4.69) is 19.2 Å². The lowest BCUT2D eigenvalue weighted by Crippen LogP contribution is -2.43. The third-order valence-corrected chi connectivity index (χ3v) is 5.28. The largest absolute Gasteiger partial charge is 0.332 e. The Morgan fingerprint density at radius 1 is 1.00 bits per heavy atom. The maximum Gasteiger partial charge on any atom is 0.332 e. The van der Waals surface area contributed by atoms with Crippen LogP contribution in [0.1, 0.15) is 51.6 Å². The van der Waals surface area contributed by atoms with Crippen molar-refractivity contribution in [1.29, 1.82) is 0 Å². The van der Waals surface area contributed by atoms with E-state index < -0.39 is 5.69 Å². The number of nitrogens with one attached hydrogen (secondary N) is 1. The number of aromatic nitrogens is 2. The Hall–Kier alpha value is -3.15. The van der Waals surface area contributed by atoms with Crippen molar-refractivity contribution in [2.75, 3.05) is 5.32 Å². The van der Waals surface area contributed by atoms with E-state index in [-0.39, 0.29) is 24.1 Å². The summed E-state index contributed by atoms with van der Waals surface area (Å²) >= 11 is 0. The summed E-state index contributed by atoms with van der Waals surface area (Å²) in [6, 6.07) is 14.3. The quantitative estimate of drug-likeness (QED) is 0.690. The Labute approximate surface area is 169 Å². The molecule has 1 heterocycles. The lowest BCUT2D eigenvalue weighted by atomic mass is 10.0. The Balaban J connectivity index is 1.98. The molecule has 0 aliphatic heterocycles. The predicted molar refractivity (Wildman–Crippen MR) is 117 cm³/mol. The number of benzene rings is 2. The number of carbonyl (C=O) groups excluding carboxylic acids is 1. The number of hydrogen-bond acceptors (Lipinski definition) is 3. The van der Waals surface area contributed by atoms with Crippen molar-refractivity contribution in [3.05, 3.63) is 74.9 Å². The molecule has 1 aromatic heterocycles. The van der Waals surface area contributed by atoms with Gasteiger partial charge < -0.3 is 5.32 Å². The van der Waals surface area contributed by atoms with Crippen molar-refractivity contribution in [1.82, 2.24) is 9.13 Å². The topological polar surface area (TPSA) is 73.1 Å². The second kappa shape index (κ2) is 8.47. The van der Waals surface area contributed by atoms with Crippen LogP contribution in [-0.4, -0.2) is 15.0 Å². The van der Waals surface area contributed by atoms with E-state index >= 15 is 0 Å². The molecular formula is C23H27N3O3. The first-order valence-electron chi connectivity index (χ1n) is 9.97. The third kappa shape index (κ3) is 4.16. The van der Waals surface area contributed by atoms with Crippen LogP contribution in [0.5, 0.6) is 0 Å². The number of carbonyl (C=O) groups is 1. The third-order valence-electron chi connectivity index (χ3n) is 5.28. The number of hydrogen-bond donors (Lipinski definition) is 1. The number of para-hydroxylation sites is 1. The van der Waals surface area contributed by atoms with Gasteiger partial charge in [-0.25, -0.2) is 4.79 Å². The fraction of sp³-hybridized carbons (Fsp3) is 0.348. The van der Waals surface area contributed by atoms with E-state index in [0.717, 1.165) is 0 Å². The van der Waals surface area contributed by atoms with Gasteiger partial charge in [0.1, 0.15) is 6.54 Å². The summed E-state index contributed by atoms with van der Waals surface area (Å²) in [6.07, 6.45) is 0.641. The van der Waals surface area contributed by atoms with Crippen LogP contribution in [0.4, 0.5) is 5.69 Å². The average Bonchev–Trinajstić information content (AvgIpc) is 2.71. The second-order valence-electron chi connectivity index (χ2n) is 7.64. The maximum absolute atomic E-state index is 13.1. The molecule has 2 aromatic carbocycles. The van der Waals surface area contributed by atoms with E-state index in [1.165, 1.54) is 14.7 Å². The number of anilines is 1. The van der Waals surface area contributed by atoms with Crippen molar-refractivity contribution < 1.29 is 4.79 Å². The Morgan fingerprint density at radius 2 is 1.66 bits per heavy atom. The monoisotopic (exact) mass is 393 g/mol. The molecule has 0 saturated heterocycles. The molecule has 1 atom stereocenters. The van der Waals surface area contributed by atoms with Gasteiger partial charge in [-0.2, -0.15) is 0 Å². The molecule has 6 nitrogen and oxygen atoms in total. The highest BCUT2D eigenvalue weighted by atomic mass is 16.2. The highest BCUT2D eigenvalue weighted by molar-refractivity contribution is 5.91. The van der Waals surface area contributed by atoms with E-state index in [4.69, 9.17) is 0 Å². The summed E-state index contributed by atoms with van der Waals surface area (Å²) in [6.45, 7) is 7.80. The van der Waals surface area contributed by atoms with Gasteiger partial charge in [0.25, 0.3) is 5.56 Å². The number of amides is 1. The van der Waals surface area contributed by atoms with Crippen molar-refractivity contribution in [3.8, 4) is 0 Å². The van der Waals surface area contributed by atoms with Crippen LogP contribution in [0.3, 0.4) is 0 Å². The molecule has 1 amide bonds. The molecule has 0 fully saturated rings. The minimum atomic E-state index is -0.464. The number of nitrogens with zero attached hydrogens (tertiary/aromatic N) is 2. The lowest BCUT2D eigenvalue weighted by molar-refractivity contribution is -0.116. The number of fused-ring (bicyclic) bond motifs is 1. The van der Waals surface area contributed by atoms with Crippen LogP contribution in [-0.2, 0) is 11.3 Å². The normalized spacial score (nSPS) is 12.3. The van der Waals surface area contributed by atoms with Gasteiger partial charge in [-0.05, 0) is 49.1 Å². The lowest BCUT2D eigenvalue weighted by Gasteiger charge is -2.17. The van der Waals surface area contributed by atoms with Gasteiger partial charge in [-0.15, -0.1) is 0 Å². The van der Waals surface area contributed by atoms with E-state index in [1.807, 2.05) is 38.1 Å². The molecule has 0 saturated carbocycles. The van der Waals surface area contributed by atoms with Gasteiger partial charge in [0.05, 0.1) is 10.9 Å². The molecule has 0 spiro atoms. The van der Waals surface area contributed by atoms with E-state index in [9.17, 15) is 14.4 Å². The molecule has 1 N–H and O–H groups in total. The highest BCUT2D eigenvalue weighted by Gasteiger charge is 2.18. The Kier molecular flexibility index (Phi) is 6.01. The van der Waals surface area contributed by atoms with Crippen LogP contribution in [0, 0.1) is 0 Å². The fourth-order valence-electron chi connectivity index (χ4n) is 3.36. The molecule has 6 heteroatoms. The number of rotatable bonds is 6. The van der Waals surface area contributed by atoms with Gasteiger partial charge in [-0.1, -0.05) is 45.0 Å². The smallest absolute Gasteiger partial charge is 0.325 e. The summed E-state index contributed by atoms with van der Waals surface area (Å²) in [7, 11) is 0. The van der Waals surface area contributed by atoms with E-state index in [0.29, 0.717) is 28.9 Å². The van der Waals surface area contributed by atoms with Crippen LogP contribution in [0.25, 0.3) is 10.9 Å². The summed E-state index contributed by atoms with van der Waals surface area (Å²) in [4.78, 5) is 38.5. The first-order chi connectivity index (χ1) is 13.8. The van der Waals surface area contributed by atoms with Crippen LogP contribution in [0.15, 0.2) is 58.1 Å². The van der Waals surface area contributed by atoms with Gasteiger partial charge in [0.2, 0.25) is 5.91 Å². The molecule has 3 rings (SSSR count). The minimum Gasteiger partial charge on any atom is -0.325 e. The van der Waals surface area contributed by atoms with Crippen LogP contribution in [0.2, 0.25) is 0 Å². The maximum atomic E-state index is 13.1. The van der Waals surface area contributed by atoms with Crippen molar-refractivity contribution in [2.24, 2.45) is 0 Å². The molecule has 152 valence electrons. The van der Waals surface area contributed by atoms with Crippen molar-refractivity contribution >= 4 is 22.5 Å². The van der Waals surface area contributed by atoms with Gasteiger partial charge in [0, 0.05) is 11.7 Å². The Bertz CT molecular complexity index is 1140. The summed E-state index contributed by atoms with van der Waals surface area (Å²) in [5.74, 6) is 0.0928. The SMILES string of the molecule is CC[C@H](C)n1c(=O)c2ccccc2n(CC(=O)Nc2ccc(C(C)C)cc2)c1=O. The van der Waals surface area contributed by atoms with E-state index in [1.54, 1.807) is 24.3 Å². The highest BCUT2D eigenvalue weighted by Crippen LogP contribution is 2.17. The zero-order valence-electron chi connectivity index (χ0n) is 17.3. The van der Waals surface area contributed by atoms with Gasteiger partial charge in [-0.3, -0.25) is 18.7 Å². The predicted octanol–water partition coefficient (Wildman–Crippen LogP) is 3.90. The molecule has 3 aromatic rings. The standard InChI is InChI=1S/C23H27N3O3/c1-5-16(4)26-22(28)19-8-6-7-9-20(19)25(23(26)29)14-21(27)24-18-12-10-17(11-13-18)15(2)3/h6-13,15-16H,5,14H2,1-4H3,(H,24,27)/t16-/m0/s1. The molecule has 0 aliphatic carbocycles. The average molecular weight is 393 g/mol. The summed E-state index contributed by atoms with van der Waals surface area (Å²) in [5.41, 5.74) is 1.54. The minimum absolute atomic E-state index is 0.165.